The Labute approximate surface area is 156 Å². The van der Waals surface area contributed by atoms with Gasteiger partial charge in [0.1, 0.15) is 5.69 Å². The minimum atomic E-state index is -1.32. The molecule has 3 amide bonds. The molecule has 27 heavy (non-hydrogen) atoms. The third-order valence-corrected chi connectivity index (χ3v) is 3.76. The third kappa shape index (κ3) is 5.04. The number of imide groups is 1. The highest BCUT2D eigenvalue weighted by molar-refractivity contribution is 6.00. The molecule has 1 aromatic carbocycles. The van der Waals surface area contributed by atoms with Gasteiger partial charge in [-0.2, -0.15) is 0 Å². The van der Waals surface area contributed by atoms with Crippen molar-refractivity contribution in [2.45, 2.75) is 20.0 Å². The van der Waals surface area contributed by atoms with Crippen molar-refractivity contribution in [1.29, 1.82) is 0 Å². The van der Waals surface area contributed by atoms with Gasteiger partial charge in [0, 0.05) is 30.9 Å². The summed E-state index contributed by atoms with van der Waals surface area (Å²) in [5.74, 6) is -1.76. The molecule has 0 aliphatic carbocycles. The Morgan fingerprint density at radius 3 is 2.37 bits per heavy atom. The SMILES string of the molecule is CCNC(=O)NC(=O)[C@H](OC(=O)c1cc(C(C)=O)cn1C)c1ccccc1. The van der Waals surface area contributed by atoms with Gasteiger partial charge in [-0.3, -0.25) is 14.9 Å². The van der Waals surface area contributed by atoms with Gasteiger partial charge in [-0.15, -0.1) is 0 Å². The Bertz CT molecular complexity index is 857. The molecule has 1 heterocycles. The molecular weight excluding hydrogens is 350 g/mol. The van der Waals surface area contributed by atoms with E-state index in [0.29, 0.717) is 17.7 Å². The fourth-order valence-electron chi connectivity index (χ4n) is 2.41. The Kier molecular flexibility index (Phi) is 6.48. The highest BCUT2D eigenvalue weighted by atomic mass is 16.5. The Morgan fingerprint density at radius 2 is 1.81 bits per heavy atom. The number of rotatable bonds is 6. The van der Waals surface area contributed by atoms with Crippen molar-refractivity contribution in [2.24, 2.45) is 7.05 Å². The number of hydrogen-bond donors (Lipinski definition) is 2. The van der Waals surface area contributed by atoms with Gasteiger partial charge in [0.15, 0.2) is 5.78 Å². The van der Waals surface area contributed by atoms with Crippen molar-refractivity contribution in [3.05, 3.63) is 59.4 Å². The maximum Gasteiger partial charge on any atom is 0.356 e. The monoisotopic (exact) mass is 371 g/mol. The number of carbonyl (C=O) groups excluding carboxylic acids is 4. The summed E-state index contributed by atoms with van der Waals surface area (Å²) in [6.07, 6.45) is 0.183. The summed E-state index contributed by atoms with van der Waals surface area (Å²) in [6.45, 7) is 3.43. The molecule has 8 heteroatoms. The van der Waals surface area contributed by atoms with Crippen molar-refractivity contribution in [3.8, 4) is 0 Å². The number of benzene rings is 1. The zero-order chi connectivity index (χ0) is 20.0. The fraction of sp³-hybridized carbons (Fsp3) is 0.263. The number of ether oxygens (including phenoxy) is 1. The first-order valence-electron chi connectivity index (χ1n) is 8.35. The number of hydrogen-bond acceptors (Lipinski definition) is 5. The molecule has 0 bridgehead atoms. The quantitative estimate of drug-likeness (QED) is 0.596. The molecule has 0 aliphatic rings. The molecule has 0 saturated carbocycles. The van der Waals surface area contributed by atoms with Gasteiger partial charge >= 0.3 is 12.0 Å². The number of esters is 1. The number of nitrogens with one attached hydrogen (secondary N) is 2. The summed E-state index contributed by atoms with van der Waals surface area (Å²) < 4.78 is 6.82. The van der Waals surface area contributed by atoms with Crippen molar-refractivity contribution < 1.29 is 23.9 Å². The second-order valence-corrected chi connectivity index (χ2v) is 5.83. The van der Waals surface area contributed by atoms with Crippen molar-refractivity contribution in [1.82, 2.24) is 15.2 Å². The van der Waals surface area contributed by atoms with Crippen molar-refractivity contribution >= 4 is 23.7 Å². The fourth-order valence-corrected chi connectivity index (χ4v) is 2.41. The van der Waals surface area contributed by atoms with Crippen LogP contribution in [0.3, 0.4) is 0 Å². The zero-order valence-corrected chi connectivity index (χ0v) is 15.3. The molecular formula is C19H21N3O5. The summed E-state index contributed by atoms with van der Waals surface area (Å²) in [4.78, 5) is 48.2. The number of urea groups is 1. The van der Waals surface area contributed by atoms with Crippen molar-refractivity contribution in [3.63, 3.8) is 0 Å². The first-order chi connectivity index (χ1) is 12.8. The molecule has 0 aliphatic heterocycles. The molecule has 8 nitrogen and oxygen atoms in total. The lowest BCUT2D eigenvalue weighted by molar-refractivity contribution is -0.129. The Morgan fingerprint density at radius 1 is 1.15 bits per heavy atom. The van der Waals surface area contributed by atoms with Crippen LogP contribution in [0.5, 0.6) is 0 Å². The molecule has 2 rings (SSSR count). The number of Topliss-reactive ketones (excluding diaryl/α,β-unsaturated/α-hetero) is 1. The van der Waals surface area contributed by atoms with E-state index < -0.39 is 24.0 Å². The number of nitrogens with zero attached hydrogens (tertiary/aromatic N) is 1. The summed E-state index contributed by atoms with van der Waals surface area (Å²) in [6, 6.07) is 9.06. The van der Waals surface area contributed by atoms with Crippen LogP contribution < -0.4 is 10.6 Å². The minimum absolute atomic E-state index is 0.118. The number of carbonyl (C=O) groups is 4. The van der Waals surface area contributed by atoms with E-state index >= 15 is 0 Å². The predicted octanol–water partition coefficient (Wildman–Crippen LogP) is 1.97. The van der Waals surface area contributed by atoms with Gasteiger partial charge in [-0.25, -0.2) is 9.59 Å². The van der Waals surface area contributed by atoms with E-state index in [0.717, 1.165) is 0 Å². The van der Waals surface area contributed by atoms with E-state index in [4.69, 9.17) is 4.74 Å². The van der Waals surface area contributed by atoms with Gasteiger partial charge < -0.3 is 14.6 Å². The van der Waals surface area contributed by atoms with Gasteiger partial charge in [-0.05, 0) is 19.9 Å². The van der Waals surface area contributed by atoms with Crippen LogP contribution in [0, 0.1) is 0 Å². The van der Waals surface area contributed by atoms with Crippen LogP contribution >= 0.6 is 0 Å². The third-order valence-electron chi connectivity index (χ3n) is 3.76. The summed E-state index contributed by atoms with van der Waals surface area (Å²) in [5.41, 5.74) is 0.882. The summed E-state index contributed by atoms with van der Waals surface area (Å²) >= 11 is 0. The van der Waals surface area contributed by atoms with Crippen LogP contribution in [0.25, 0.3) is 0 Å². The second-order valence-electron chi connectivity index (χ2n) is 5.83. The smallest absolute Gasteiger partial charge is 0.356 e. The van der Waals surface area contributed by atoms with Gasteiger partial charge in [0.2, 0.25) is 6.10 Å². The first-order valence-corrected chi connectivity index (χ1v) is 8.35. The summed E-state index contributed by atoms with van der Waals surface area (Å²) in [5, 5.41) is 4.59. The number of ketones is 1. The molecule has 1 atom stereocenters. The van der Waals surface area contributed by atoms with Crippen LogP contribution in [0.4, 0.5) is 4.79 Å². The zero-order valence-electron chi connectivity index (χ0n) is 15.3. The number of aromatic nitrogens is 1. The lowest BCUT2D eigenvalue weighted by Crippen LogP contribution is -2.42. The Hall–Kier alpha value is -3.42. The highest BCUT2D eigenvalue weighted by Crippen LogP contribution is 2.20. The molecule has 1 aromatic heterocycles. The maximum absolute atomic E-state index is 12.6. The molecule has 0 radical (unpaired) electrons. The van der Waals surface area contributed by atoms with E-state index in [9.17, 15) is 19.2 Å². The molecule has 2 aromatic rings. The predicted molar refractivity (Wildman–Crippen MR) is 97.2 cm³/mol. The number of aryl methyl sites for hydroxylation is 1. The average molecular weight is 371 g/mol. The second kappa shape index (κ2) is 8.79. The average Bonchev–Trinajstić information content (AvgIpc) is 3.02. The maximum atomic E-state index is 12.6. The molecule has 0 saturated heterocycles. The molecule has 0 fully saturated rings. The minimum Gasteiger partial charge on any atom is -0.443 e. The van der Waals surface area contributed by atoms with Gasteiger partial charge in [-0.1, -0.05) is 30.3 Å². The highest BCUT2D eigenvalue weighted by Gasteiger charge is 2.28. The van der Waals surface area contributed by atoms with Crippen molar-refractivity contribution in [2.75, 3.05) is 6.54 Å². The standard InChI is InChI=1S/C19H21N3O5/c1-4-20-19(26)21-17(24)16(13-8-6-5-7-9-13)27-18(25)15-10-14(12(2)23)11-22(15)3/h5-11,16H,4H2,1-3H3,(H2,20,21,24,26)/t16-/m1/s1. The molecule has 142 valence electrons. The van der Waals surface area contributed by atoms with Gasteiger partial charge in [0.25, 0.3) is 5.91 Å². The van der Waals surface area contributed by atoms with Crippen LogP contribution in [0.15, 0.2) is 42.6 Å². The van der Waals surface area contributed by atoms with E-state index in [1.165, 1.54) is 23.8 Å². The molecule has 0 spiro atoms. The normalized spacial score (nSPS) is 11.4. The number of amides is 3. The molecule has 0 unspecified atom stereocenters. The largest absolute Gasteiger partial charge is 0.443 e. The van der Waals surface area contributed by atoms with E-state index in [2.05, 4.69) is 10.6 Å². The summed E-state index contributed by atoms with van der Waals surface area (Å²) in [7, 11) is 1.59. The lowest BCUT2D eigenvalue weighted by atomic mass is 10.1. The Balaban J connectivity index is 2.26. The topological polar surface area (TPSA) is 106 Å². The van der Waals surface area contributed by atoms with Crippen LogP contribution in [0.2, 0.25) is 0 Å². The lowest BCUT2D eigenvalue weighted by Gasteiger charge is -2.17. The van der Waals surface area contributed by atoms with Crippen LogP contribution in [0.1, 0.15) is 46.4 Å². The van der Waals surface area contributed by atoms with E-state index in [1.807, 2.05) is 0 Å². The van der Waals surface area contributed by atoms with Gasteiger partial charge in [0.05, 0.1) is 0 Å². The molecule has 2 N–H and O–H groups in total. The van der Waals surface area contributed by atoms with Crippen LogP contribution in [-0.2, 0) is 16.6 Å². The van der Waals surface area contributed by atoms with E-state index in [-0.39, 0.29) is 11.5 Å². The van der Waals surface area contributed by atoms with Crippen LogP contribution in [-0.4, -0.2) is 34.8 Å². The first kappa shape index (κ1) is 19.9. The van der Waals surface area contributed by atoms with E-state index in [1.54, 1.807) is 44.3 Å².